The minimum absolute atomic E-state index is 0.250. The summed E-state index contributed by atoms with van der Waals surface area (Å²) in [7, 11) is -0.324. The third kappa shape index (κ3) is 6.08. The van der Waals surface area contributed by atoms with Crippen LogP contribution < -0.4 is 15.4 Å². The predicted molar refractivity (Wildman–Crippen MR) is 110 cm³/mol. The zero-order chi connectivity index (χ0) is 19.9. The fourth-order valence-electron chi connectivity index (χ4n) is 2.61. The molecule has 27 heavy (non-hydrogen) atoms. The van der Waals surface area contributed by atoms with Gasteiger partial charge in [0.05, 0.1) is 4.90 Å². The molecule has 0 aliphatic carbocycles. The molecule has 1 unspecified atom stereocenters. The van der Waals surface area contributed by atoms with Gasteiger partial charge in [-0.15, -0.1) is 0 Å². The van der Waals surface area contributed by atoms with E-state index in [9.17, 15) is 8.42 Å². The van der Waals surface area contributed by atoms with Crippen molar-refractivity contribution < 1.29 is 8.42 Å². The maximum absolute atomic E-state index is 11.9. The number of benzene rings is 2. The van der Waals surface area contributed by atoms with Crippen LogP contribution in [0.2, 0.25) is 0 Å². The highest BCUT2D eigenvalue weighted by Gasteiger charge is 2.11. The molecule has 0 heterocycles. The number of nitrogens with one attached hydrogen (secondary N) is 3. The van der Waals surface area contributed by atoms with E-state index >= 15 is 0 Å². The van der Waals surface area contributed by atoms with E-state index < -0.39 is 10.0 Å². The van der Waals surface area contributed by atoms with Crippen LogP contribution in [0.4, 0.5) is 0 Å². The van der Waals surface area contributed by atoms with E-state index in [2.05, 4.69) is 58.5 Å². The van der Waals surface area contributed by atoms with E-state index in [0.29, 0.717) is 18.4 Å². The number of nitrogens with zero attached hydrogens (tertiary/aromatic N) is 1. The summed E-state index contributed by atoms with van der Waals surface area (Å²) in [6, 6.07) is 15.4. The molecule has 0 aliphatic rings. The van der Waals surface area contributed by atoms with Gasteiger partial charge in [-0.05, 0) is 43.1 Å². The van der Waals surface area contributed by atoms with Crippen molar-refractivity contribution in [2.45, 2.75) is 31.2 Å². The summed E-state index contributed by atoms with van der Waals surface area (Å²) < 4.78 is 26.2. The third-order valence-electron chi connectivity index (χ3n) is 4.38. The lowest BCUT2D eigenvalue weighted by molar-refractivity contribution is 0.588. The Morgan fingerprint density at radius 3 is 2.44 bits per heavy atom. The first kappa shape index (κ1) is 20.9. The molecule has 2 aromatic carbocycles. The minimum Gasteiger partial charge on any atom is -0.356 e. The van der Waals surface area contributed by atoms with E-state index in [4.69, 9.17) is 0 Å². The molecule has 0 spiro atoms. The third-order valence-corrected chi connectivity index (χ3v) is 5.80. The zero-order valence-electron chi connectivity index (χ0n) is 16.3. The lowest BCUT2D eigenvalue weighted by atomic mass is 10.0. The van der Waals surface area contributed by atoms with Gasteiger partial charge in [0.15, 0.2) is 5.96 Å². The standard InChI is InChI=1S/C20H28N4O2S/c1-15-8-10-18(11-9-15)16(2)13-23-20(21-3)24-14-17-6-5-7-19(12-17)27(25,26)22-4/h5-12,16,22H,13-14H2,1-4H3,(H2,21,23,24). The second-order valence-corrected chi connectivity index (χ2v) is 8.36. The summed E-state index contributed by atoms with van der Waals surface area (Å²) in [6.45, 7) is 5.47. The lowest BCUT2D eigenvalue weighted by Crippen LogP contribution is -2.38. The molecule has 0 saturated heterocycles. The molecule has 1 atom stereocenters. The van der Waals surface area contributed by atoms with Crippen LogP contribution in [0.15, 0.2) is 58.4 Å². The van der Waals surface area contributed by atoms with Crippen LogP contribution in [-0.4, -0.2) is 35.0 Å². The molecule has 0 amide bonds. The predicted octanol–water partition coefficient (Wildman–Crippen LogP) is 2.37. The van der Waals surface area contributed by atoms with Crippen molar-refractivity contribution >= 4 is 16.0 Å². The van der Waals surface area contributed by atoms with Gasteiger partial charge in [-0.25, -0.2) is 13.1 Å². The molecule has 0 aromatic heterocycles. The number of guanidine groups is 1. The van der Waals surface area contributed by atoms with E-state index in [1.54, 1.807) is 25.2 Å². The van der Waals surface area contributed by atoms with Gasteiger partial charge in [0.25, 0.3) is 0 Å². The Bertz CT molecular complexity index is 877. The number of sulfonamides is 1. The Hall–Kier alpha value is -2.38. The van der Waals surface area contributed by atoms with Gasteiger partial charge in [0, 0.05) is 20.1 Å². The molecule has 2 aromatic rings. The number of aryl methyl sites for hydroxylation is 1. The normalized spacial score (nSPS) is 13.3. The lowest BCUT2D eigenvalue weighted by Gasteiger charge is -2.17. The quantitative estimate of drug-likeness (QED) is 0.502. The van der Waals surface area contributed by atoms with Crippen LogP contribution in [0.25, 0.3) is 0 Å². The molecule has 7 heteroatoms. The van der Waals surface area contributed by atoms with Crippen molar-refractivity contribution in [3.63, 3.8) is 0 Å². The fraction of sp³-hybridized carbons (Fsp3) is 0.350. The van der Waals surface area contributed by atoms with Crippen LogP contribution in [0.5, 0.6) is 0 Å². The minimum atomic E-state index is -3.44. The summed E-state index contributed by atoms with van der Waals surface area (Å²) in [5.41, 5.74) is 3.38. The van der Waals surface area contributed by atoms with E-state index in [-0.39, 0.29) is 4.90 Å². The van der Waals surface area contributed by atoms with Crippen molar-refractivity contribution in [1.82, 2.24) is 15.4 Å². The molecule has 0 fully saturated rings. The smallest absolute Gasteiger partial charge is 0.240 e. The summed E-state index contributed by atoms with van der Waals surface area (Å²) in [6.07, 6.45) is 0. The molecule has 0 aliphatic heterocycles. The second kappa shape index (κ2) is 9.53. The Kier molecular flexibility index (Phi) is 7.38. The number of hydrogen-bond acceptors (Lipinski definition) is 3. The zero-order valence-corrected chi connectivity index (χ0v) is 17.1. The van der Waals surface area contributed by atoms with Crippen LogP contribution in [0.1, 0.15) is 29.5 Å². The first-order valence-electron chi connectivity index (χ1n) is 8.89. The Balaban J connectivity index is 1.92. The van der Waals surface area contributed by atoms with E-state index in [1.165, 1.54) is 18.2 Å². The summed E-state index contributed by atoms with van der Waals surface area (Å²) in [4.78, 5) is 4.48. The Morgan fingerprint density at radius 1 is 1.11 bits per heavy atom. The van der Waals surface area contributed by atoms with Gasteiger partial charge in [0.2, 0.25) is 10.0 Å². The summed E-state index contributed by atoms with van der Waals surface area (Å²) >= 11 is 0. The molecule has 3 N–H and O–H groups in total. The SMILES string of the molecule is CN=C(NCc1cccc(S(=O)(=O)NC)c1)NCC(C)c1ccc(C)cc1. The van der Waals surface area contributed by atoms with Crippen molar-refractivity contribution in [3.05, 3.63) is 65.2 Å². The van der Waals surface area contributed by atoms with Crippen molar-refractivity contribution in [2.75, 3.05) is 20.6 Å². The highest BCUT2D eigenvalue weighted by molar-refractivity contribution is 7.89. The van der Waals surface area contributed by atoms with Crippen LogP contribution in [-0.2, 0) is 16.6 Å². The van der Waals surface area contributed by atoms with Crippen molar-refractivity contribution in [3.8, 4) is 0 Å². The number of hydrogen-bond donors (Lipinski definition) is 3. The molecule has 6 nitrogen and oxygen atoms in total. The Morgan fingerprint density at radius 2 is 1.81 bits per heavy atom. The number of aliphatic imine (C=N–C) groups is 1. The maximum atomic E-state index is 11.9. The first-order valence-corrected chi connectivity index (χ1v) is 10.4. The molecule has 146 valence electrons. The van der Waals surface area contributed by atoms with Crippen molar-refractivity contribution in [2.24, 2.45) is 4.99 Å². The Labute approximate surface area is 162 Å². The highest BCUT2D eigenvalue weighted by atomic mass is 32.2. The second-order valence-electron chi connectivity index (χ2n) is 6.47. The highest BCUT2D eigenvalue weighted by Crippen LogP contribution is 2.15. The molecular formula is C20H28N4O2S. The molecule has 0 radical (unpaired) electrons. The molecule has 0 saturated carbocycles. The molecule has 0 bridgehead atoms. The number of rotatable bonds is 7. The average Bonchev–Trinajstić information content (AvgIpc) is 2.68. The molecular weight excluding hydrogens is 360 g/mol. The van der Waals surface area contributed by atoms with Gasteiger partial charge < -0.3 is 10.6 Å². The summed E-state index contributed by atoms with van der Waals surface area (Å²) in [5, 5.41) is 6.54. The fourth-order valence-corrected chi connectivity index (χ4v) is 3.41. The van der Waals surface area contributed by atoms with E-state index in [0.717, 1.165) is 12.1 Å². The van der Waals surface area contributed by atoms with Gasteiger partial charge in [-0.1, -0.05) is 48.9 Å². The van der Waals surface area contributed by atoms with Gasteiger partial charge in [-0.2, -0.15) is 0 Å². The van der Waals surface area contributed by atoms with Gasteiger partial charge in [0.1, 0.15) is 0 Å². The van der Waals surface area contributed by atoms with Crippen LogP contribution in [0, 0.1) is 6.92 Å². The van der Waals surface area contributed by atoms with Gasteiger partial charge in [-0.3, -0.25) is 4.99 Å². The largest absolute Gasteiger partial charge is 0.356 e. The topological polar surface area (TPSA) is 82.6 Å². The molecule has 2 rings (SSSR count). The van der Waals surface area contributed by atoms with E-state index in [1.807, 2.05) is 6.07 Å². The van der Waals surface area contributed by atoms with Crippen LogP contribution in [0.3, 0.4) is 0 Å². The maximum Gasteiger partial charge on any atom is 0.240 e. The summed E-state index contributed by atoms with van der Waals surface area (Å²) in [5.74, 6) is 1.02. The first-order chi connectivity index (χ1) is 12.9. The average molecular weight is 389 g/mol. The van der Waals surface area contributed by atoms with Crippen molar-refractivity contribution in [1.29, 1.82) is 0 Å². The monoisotopic (exact) mass is 388 g/mol. The van der Waals surface area contributed by atoms with Crippen LogP contribution >= 0.6 is 0 Å². The van der Waals surface area contributed by atoms with Gasteiger partial charge >= 0.3 is 0 Å².